The molecule has 2 aliphatic carbocycles. The Bertz CT molecular complexity index is 585. The normalized spacial score (nSPS) is 45.5. The first-order chi connectivity index (χ1) is 13.4. The lowest BCUT2D eigenvalue weighted by Crippen LogP contribution is -2.32. The van der Waals surface area contributed by atoms with Crippen molar-refractivity contribution in [3.8, 4) is 0 Å². The predicted octanol–water partition coefficient (Wildman–Crippen LogP) is 5.20. The lowest BCUT2D eigenvalue weighted by atomic mass is 9.78. The Morgan fingerprint density at radius 3 is 1.28 bits per heavy atom. The maximum atomic E-state index is 6.27. The van der Waals surface area contributed by atoms with Gasteiger partial charge in [0.25, 0.3) is 0 Å². The van der Waals surface area contributed by atoms with Gasteiger partial charge in [-0.2, -0.15) is 0 Å². The largest absolute Gasteiger partial charge is 0.362 e. The van der Waals surface area contributed by atoms with E-state index in [4.69, 9.17) is 23.7 Å². The standard InChI is InChI=1S/C24H42O5/c1-19(2)13-15-23(21(19,5)28-23)11-9-17(25-7)27-18(26-8)10-12-24-16-14-20(3,4)22(24,6)29-24/h17-18H,9-16H2,1-8H3. The number of rotatable bonds is 10. The van der Waals surface area contributed by atoms with Crippen molar-refractivity contribution in [3.63, 3.8) is 0 Å². The molecule has 0 N–H and O–H groups in total. The van der Waals surface area contributed by atoms with Crippen LogP contribution in [0.2, 0.25) is 0 Å². The van der Waals surface area contributed by atoms with Gasteiger partial charge in [-0.3, -0.25) is 0 Å². The molecule has 4 fully saturated rings. The summed E-state index contributed by atoms with van der Waals surface area (Å²) in [6.07, 6.45) is 7.78. The van der Waals surface area contributed by atoms with Crippen LogP contribution in [0.4, 0.5) is 0 Å². The summed E-state index contributed by atoms with van der Waals surface area (Å²) in [4.78, 5) is 0. The number of fused-ring (bicyclic) bond motifs is 2. The number of hydrogen-bond acceptors (Lipinski definition) is 5. The van der Waals surface area contributed by atoms with E-state index in [-0.39, 0.29) is 45.8 Å². The van der Waals surface area contributed by atoms with E-state index < -0.39 is 0 Å². The van der Waals surface area contributed by atoms with Crippen LogP contribution in [0, 0.1) is 10.8 Å². The summed E-state index contributed by atoms with van der Waals surface area (Å²) in [6, 6.07) is 0. The number of epoxide rings is 2. The third kappa shape index (κ3) is 3.06. The Morgan fingerprint density at radius 2 is 1.03 bits per heavy atom. The lowest BCUT2D eigenvalue weighted by molar-refractivity contribution is -0.235. The molecule has 2 saturated carbocycles. The third-order valence-electron chi connectivity index (χ3n) is 9.74. The minimum absolute atomic E-state index is 0.00115. The molecule has 0 spiro atoms. The Kier molecular flexibility index (Phi) is 5.05. The Balaban J connectivity index is 1.27. The molecule has 0 bridgehead atoms. The van der Waals surface area contributed by atoms with Crippen LogP contribution >= 0.6 is 0 Å². The molecular weight excluding hydrogens is 368 g/mol. The van der Waals surface area contributed by atoms with Crippen LogP contribution in [0.15, 0.2) is 0 Å². The molecule has 5 heteroatoms. The monoisotopic (exact) mass is 410 g/mol. The number of ether oxygens (including phenoxy) is 5. The molecule has 0 amide bonds. The van der Waals surface area contributed by atoms with Crippen molar-refractivity contribution in [2.75, 3.05) is 14.2 Å². The van der Waals surface area contributed by atoms with E-state index >= 15 is 0 Å². The van der Waals surface area contributed by atoms with Crippen LogP contribution in [-0.4, -0.2) is 49.2 Å². The predicted molar refractivity (Wildman–Crippen MR) is 112 cm³/mol. The minimum atomic E-state index is -0.268. The van der Waals surface area contributed by atoms with E-state index in [1.54, 1.807) is 14.2 Å². The molecule has 29 heavy (non-hydrogen) atoms. The molecule has 2 heterocycles. The highest BCUT2D eigenvalue weighted by Gasteiger charge is 2.77. The van der Waals surface area contributed by atoms with Gasteiger partial charge in [-0.1, -0.05) is 27.7 Å². The zero-order chi connectivity index (χ0) is 21.3. The zero-order valence-electron chi connectivity index (χ0n) is 19.9. The molecule has 2 aliphatic heterocycles. The number of methoxy groups -OCH3 is 2. The molecule has 5 nitrogen and oxygen atoms in total. The van der Waals surface area contributed by atoms with Gasteiger partial charge in [-0.15, -0.1) is 0 Å². The molecule has 6 unspecified atom stereocenters. The third-order valence-corrected chi connectivity index (χ3v) is 9.74. The molecule has 4 rings (SSSR count). The average Bonchev–Trinajstić information content (AvgIpc) is 3.45. The highest BCUT2D eigenvalue weighted by molar-refractivity contribution is 5.25. The molecule has 6 atom stereocenters. The lowest BCUT2D eigenvalue weighted by Gasteiger charge is -2.26. The molecule has 168 valence electrons. The highest BCUT2D eigenvalue weighted by Crippen LogP contribution is 2.70. The second-order valence-electron chi connectivity index (χ2n) is 11.6. The topological polar surface area (TPSA) is 52.8 Å². The maximum absolute atomic E-state index is 6.27. The number of hydrogen-bond donors (Lipinski definition) is 0. The first-order valence-electron chi connectivity index (χ1n) is 11.5. The average molecular weight is 411 g/mol. The van der Waals surface area contributed by atoms with Crippen LogP contribution in [0.5, 0.6) is 0 Å². The van der Waals surface area contributed by atoms with E-state index in [2.05, 4.69) is 41.5 Å². The van der Waals surface area contributed by atoms with Crippen LogP contribution in [-0.2, 0) is 23.7 Å². The molecule has 0 radical (unpaired) electrons. The Morgan fingerprint density at radius 1 is 0.655 bits per heavy atom. The van der Waals surface area contributed by atoms with Crippen molar-refractivity contribution in [3.05, 3.63) is 0 Å². The van der Waals surface area contributed by atoms with Gasteiger partial charge in [-0.05, 0) is 63.2 Å². The summed E-state index contributed by atoms with van der Waals surface area (Å²) in [7, 11) is 3.44. The van der Waals surface area contributed by atoms with Crippen molar-refractivity contribution < 1.29 is 23.7 Å². The van der Waals surface area contributed by atoms with E-state index in [0.29, 0.717) is 0 Å². The highest BCUT2D eigenvalue weighted by atomic mass is 16.8. The van der Waals surface area contributed by atoms with Crippen molar-refractivity contribution in [1.82, 2.24) is 0 Å². The Hall–Kier alpha value is -0.200. The summed E-state index contributed by atoms with van der Waals surface area (Å²) >= 11 is 0. The van der Waals surface area contributed by atoms with Crippen molar-refractivity contribution in [2.24, 2.45) is 10.8 Å². The van der Waals surface area contributed by atoms with Gasteiger partial charge in [0.1, 0.15) is 11.2 Å². The van der Waals surface area contributed by atoms with Gasteiger partial charge < -0.3 is 23.7 Å². The van der Waals surface area contributed by atoms with Gasteiger partial charge >= 0.3 is 0 Å². The quantitative estimate of drug-likeness (QED) is 0.366. The van der Waals surface area contributed by atoms with Crippen molar-refractivity contribution in [1.29, 1.82) is 0 Å². The van der Waals surface area contributed by atoms with Crippen LogP contribution in [0.3, 0.4) is 0 Å². The summed E-state index contributed by atoms with van der Waals surface area (Å²) < 4.78 is 30.1. The summed E-state index contributed by atoms with van der Waals surface area (Å²) in [5, 5.41) is 0. The smallest absolute Gasteiger partial charge is 0.160 e. The Labute approximate surface area is 177 Å². The van der Waals surface area contributed by atoms with Crippen molar-refractivity contribution in [2.45, 2.75) is 128 Å². The van der Waals surface area contributed by atoms with Gasteiger partial charge in [-0.25, -0.2) is 0 Å². The molecule has 0 aromatic heterocycles. The van der Waals surface area contributed by atoms with Crippen LogP contribution in [0.25, 0.3) is 0 Å². The maximum Gasteiger partial charge on any atom is 0.160 e. The van der Waals surface area contributed by atoms with Gasteiger partial charge in [0.15, 0.2) is 12.6 Å². The summed E-state index contributed by atoms with van der Waals surface area (Å²) in [6.45, 7) is 13.8. The molecular formula is C24H42O5. The van der Waals surface area contributed by atoms with Crippen LogP contribution < -0.4 is 0 Å². The second-order valence-corrected chi connectivity index (χ2v) is 11.6. The zero-order valence-corrected chi connectivity index (χ0v) is 19.9. The first kappa shape index (κ1) is 22.0. The minimum Gasteiger partial charge on any atom is -0.362 e. The fourth-order valence-electron chi connectivity index (χ4n) is 6.51. The fraction of sp³-hybridized carbons (Fsp3) is 1.00. The van der Waals surface area contributed by atoms with E-state index in [0.717, 1.165) is 38.5 Å². The van der Waals surface area contributed by atoms with E-state index in [1.165, 1.54) is 12.8 Å². The van der Waals surface area contributed by atoms with Gasteiger partial charge in [0.05, 0.1) is 11.2 Å². The summed E-state index contributed by atoms with van der Waals surface area (Å²) in [5.74, 6) is 0. The summed E-state index contributed by atoms with van der Waals surface area (Å²) in [5.41, 5.74) is 0.518. The molecule has 4 aliphatic rings. The van der Waals surface area contributed by atoms with Crippen LogP contribution in [0.1, 0.15) is 92.9 Å². The first-order valence-corrected chi connectivity index (χ1v) is 11.5. The van der Waals surface area contributed by atoms with E-state index in [9.17, 15) is 0 Å². The van der Waals surface area contributed by atoms with Crippen molar-refractivity contribution >= 4 is 0 Å². The molecule has 2 saturated heterocycles. The van der Waals surface area contributed by atoms with E-state index in [1.807, 2.05) is 0 Å². The SMILES string of the molecule is COC(CCC12CCC(C)(C)C1(C)O2)OC(CCC12CCC(C)(C)C1(C)O2)OC. The van der Waals surface area contributed by atoms with Gasteiger partial charge in [0, 0.05) is 27.1 Å². The molecule has 0 aromatic rings. The molecule has 0 aromatic carbocycles. The van der Waals surface area contributed by atoms with Gasteiger partial charge in [0.2, 0.25) is 0 Å². The second kappa shape index (κ2) is 6.65. The fourth-order valence-corrected chi connectivity index (χ4v) is 6.51.